The number of rotatable bonds is 4. The lowest BCUT2D eigenvalue weighted by molar-refractivity contribution is -0.0950. The third kappa shape index (κ3) is 2.57. The average molecular weight is 256 g/mol. The van der Waals surface area contributed by atoms with E-state index in [4.69, 9.17) is 15.2 Å². The molecule has 4 heteroatoms. The van der Waals surface area contributed by atoms with Crippen LogP contribution < -0.4 is 5.73 Å². The summed E-state index contributed by atoms with van der Waals surface area (Å²) in [6.45, 7) is 2.46. The van der Waals surface area contributed by atoms with Gasteiger partial charge in [0.15, 0.2) is 0 Å². The summed E-state index contributed by atoms with van der Waals surface area (Å²) < 4.78 is 11.2. The lowest BCUT2D eigenvalue weighted by atomic mass is 9.76. The van der Waals surface area contributed by atoms with E-state index in [9.17, 15) is 0 Å². The Morgan fingerprint density at radius 1 is 1.28 bits per heavy atom. The van der Waals surface area contributed by atoms with Crippen molar-refractivity contribution in [1.82, 2.24) is 4.90 Å². The molecule has 0 aromatic rings. The van der Waals surface area contributed by atoms with E-state index in [1.54, 1.807) is 0 Å². The van der Waals surface area contributed by atoms with Gasteiger partial charge < -0.3 is 15.2 Å². The number of nitrogens with two attached hydrogens (primary N) is 1. The summed E-state index contributed by atoms with van der Waals surface area (Å²) in [5, 5.41) is 0. The Labute approximate surface area is 111 Å². The summed E-state index contributed by atoms with van der Waals surface area (Å²) in [6.07, 6.45) is 7.36. The minimum absolute atomic E-state index is 0.0367. The zero-order chi connectivity index (χ0) is 13.0. The van der Waals surface area contributed by atoms with Gasteiger partial charge in [0.05, 0.1) is 11.6 Å². The summed E-state index contributed by atoms with van der Waals surface area (Å²) in [4.78, 5) is 2.52. The van der Waals surface area contributed by atoms with Crippen molar-refractivity contribution in [2.24, 2.45) is 5.73 Å². The second kappa shape index (κ2) is 6.33. The van der Waals surface area contributed by atoms with E-state index >= 15 is 0 Å². The quantitative estimate of drug-likeness (QED) is 0.825. The molecule has 0 spiro atoms. The summed E-state index contributed by atoms with van der Waals surface area (Å²) in [6, 6.07) is 0.595. The van der Waals surface area contributed by atoms with Gasteiger partial charge in [-0.25, -0.2) is 0 Å². The fourth-order valence-corrected chi connectivity index (χ4v) is 3.74. The van der Waals surface area contributed by atoms with E-state index in [1.165, 1.54) is 12.8 Å². The van der Waals surface area contributed by atoms with Crippen molar-refractivity contribution in [1.29, 1.82) is 0 Å². The zero-order valence-electron chi connectivity index (χ0n) is 11.9. The number of likely N-dealkylation sites (N-methyl/N-ethyl adjacent to an activating group) is 1. The number of hydrogen-bond acceptors (Lipinski definition) is 4. The molecule has 2 atom stereocenters. The Balaban J connectivity index is 2.12. The highest BCUT2D eigenvalue weighted by Gasteiger charge is 2.45. The van der Waals surface area contributed by atoms with E-state index in [1.807, 2.05) is 7.11 Å². The van der Waals surface area contributed by atoms with Crippen LogP contribution in [0.25, 0.3) is 0 Å². The van der Waals surface area contributed by atoms with Gasteiger partial charge in [0.2, 0.25) is 0 Å². The topological polar surface area (TPSA) is 47.7 Å². The lowest BCUT2D eigenvalue weighted by Crippen LogP contribution is -2.64. The molecular weight excluding hydrogens is 228 g/mol. The van der Waals surface area contributed by atoms with Gasteiger partial charge >= 0.3 is 0 Å². The normalized spacial score (nSPS) is 35.0. The summed E-state index contributed by atoms with van der Waals surface area (Å²) >= 11 is 0. The van der Waals surface area contributed by atoms with Crippen LogP contribution in [0, 0.1) is 0 Å². The molecule has 0 radical (unpaired) electrons. The van der Waals surface area contributed by atoms with Crippen molar-refractivity contribution in [2.75, 3.05) is 33.9 Å². The first-order valence-electron chi connectivity index (χ1n) is 7.28. The SMILES string of the molecule is COC1CCCCC1(CN)N(C)C1CCOCC1. The maximum atomic E-state index is 6.16. The van der Waals surface area contributed by atoms with Gasteiger partial charge in [-0.05, 0) is 32.7 Å². The smallest absolute Gasteiger partial charge is 0.0767 e. The Kier molecular flexibility index (Phi) is 5.01. The molecular formula is C14H28N2O2. The minimum Gasteiger partial charge on any atom is -0.381 e. The van der Waals surface area contributed by atoms with Crippen LogP contribution in [0.5, 0.6) is 0 Å². The third-order valence-corrected chi connectivity index (χ3v) is 5.00. The minimum atomic E-state index is 0.0367. The predicted octanol–water partition coefficient (Wildman–Crippen LogP) is 1.38. The van der Waals surface area contributed by atoms with Gasteiger partial charge in [0.25, 0.3) is 0 Å². The average Bonchev–Trinajstić information content (AvgIpc) is 2.47. The zero-order valence-corrected chi connectivity index (χ0v) is 11.9. The Morgan fingerprint density at radius 3 is 2.61 bits per heavy atom. The summed E-state index contributed by atoms with van der Waals surface area (Å²) in [7, 11) is 4.07. The van der Waals surface area contributed by atoms with Gasteiger partial charge in [-0.1, -0.05) is 12.8 Å². The van der Waals surface area contributed by atoms with Crippen molar-refractivity contribution in [2.45, 2.75) is 56.2 Å². The van der Waals surface area contributed by atoms with E-state index < -0.39 is 0 Å². The number of nitrogens with zero attached hydrogens (tertiary/aromatic N) is 1. The van der Waals surface area contributed by atoms with Crippen molar-refractivity contribution in [3.8, 4) is 0 Å². The first-order chi connectivity index (χ1) is 8.74. The molecule has 2 fully saturated rings. The highest BCUT2D eigenvalue weighted by atomic mass is 16.5. The van der Waals surface area contributed by atoms with Crippen LogP contribution in [0.4, 0.5) is 0 Å². The van der Waals surface area contributed by atoms with Crippen molar-refractivity contribution in [3.63, 3.8) is 0 Å². The van der Waals surface area contributed by atoms with Crippen LogP contribution in [-0.4, -0.2) is 56.5 Å². The van der Waals surface area contributed by atoms with Crippen LogP contribution in [0.1, 0.15) is 38.5 Å². The lowest BCUT2D eigenvalue weighted by Gasteiger charge is -2.52. The van der Waals surface area contributed by atoms with Crippen molar-refractivity contribution >= 4 is 0 Å². The molecule has 1 aliphatic carbocycles. The van der Waals surface area contributed by atoms with Crippen LogP contribution in [0.2, 0.25) is 0 Å². The van der Waals surface area contributed by atoms with Crippen LogP contribution in [0.3, 0.4) is 0 Å². The molecule has 1 heterocycles. The van der Waals surface area contributed by atoms with E-state index in [-0.39, 0.29) is 11.6 Å². The Bertz CT molecular complexity index is 256. The molecule has 0 aromatic heterocycles. The molecule has 18 heavy (non-hydrogen) atoms. The largest absolute Gasteiger partial charge is 0.381 e. The van der Waals surface area contributed by atoms with Gasteiger partial charge in [0, 0.05) is 32.9 Å². The first-order valence-corrected chi connectivity index (χ1v) is 7.28. The van der Waals surface area contributed by atoms with Crippen molar-refractivity contribution < 1.29 is 9.47 Å². The molecule has 1 aliphatic heterocycles. The monoisotopic (exact) mass is 256 g/mol. The van der Waals surface area contributed by atoms with Crippen molar-refractivity contribution in [3.05, 3.63) is 0 Å². The van der Waals surface area contributed by atoms with Gasteiger partial charge in [0.1, 0.15) is 0 Å². The molecule has 0 amide bonds. The third-order valence-electron chi connectivity index (χ3n) is 5.00. The maximum Gasteiger partial charge on any atom is 0.0767 e. The fraction of sp³-hybridized carbons (Fsp3) is 1.00. The highest BCUT2D eigenvalue weighted by Crippen LogP contribution is 2.36. The molecule has 1 saturated carbocycles. The van der Waals surface area contributed by atoms with E-state index in [0.717, 1.165) is 38.9 Å². The molecule has 0 aromatic carbocycles. The molecule has 2 unspecified atom stereocenters. The van der Waals surface area contributed by atoms with E-state index in [0.29, 0.717) is 12.6 Å². The number of ether oxygens (including phenoxy) is 2. The Hall–Kier alpha value is -0.160. The molecule has 1 saturated heterocycles. The molecule has 2 aliphatic rings. The van der Waals surface area contributed by atoms with Gasteiger partial charge in [-0.2, -0.15) is 0 Å². The molecule has 2 rings (SSSR count). The highest BCUT2D eigenvalue weighted by molar-refractivity contribution is 5.02. The molecule has 4 nitrogen and oxygen atoms in total. The standard InChI is InChI=1S/C14H28N2O2/c1-16(12-6-9-18-10-7-12)14(11-15)8-4-3-5-13(14)17-2/h12-13H,3-11,15H2,1-2H3. The fourth-order valence-electron chi connectivity index (χ4n) is 3.74. The molecule has 0 bridgehead atoms. The number of methoxy groups -OCH3 is 1. The molecule has 106 valence electrons. The summed E-state index contributed by atoms with van der Waals surface area (Å²) in [5.74, 6) is 0. The Morgan fingerprint density at radius 2 is 2.00 bits per heavy atom. The number of hydrogen-bond donors (Lipinski definition) is 1. The second-order valence-electron chi connectivity index (χ2n) is 5.73. The predicted molar refractivity (Wildman–Crippen MR) is 72.7 cm³/mol. The molecule has 2 N–H and O–H groups in total. The maximum absolute atomic E-state index is 6.16. The van der Waals surface area contributed by atoms with Gasteiger partial charge in [-0.3, -0.25) is 4.90 Å². The van der Waals surface area contributed by atoms with E-state index in [2.05, 4.69) is 11.9 Å². The first kappa shape index (κ1) is 14.3. The summed E-state index contributed by atoms with van der Waals surface area (Å²) in [5.41, 5.74) is 6.20. The van der Waals surface area contributed by atoms with Crippen LogP contribution in [-0.2, 0) is 9.47 Å². The van der Waals surface area contributed by atoms with Gasteiger partial charge in [-0.15, -0.1) is 0 Å². The van der Waals surface area contributed by atoms with Crippen LogP contribution in [0.15, 0.2) is 0 Å². The van der Waals surface area contributed by atoms with Crippen LogP contribution >= 0.6 is 0 Å². The second-order valence-corrected chi connectivity index (χ2v) is 5.73.